The topological polar surface area (TPSA) is 131 Å². The van der Waals surface area contributed by atoms with E-state index in [2.05, 4.69) is 5.43 Å². The number of carbonyl (C=O) groups is 2. The molecule has 0 aliphatic carbocycles. The molecule has 8 heteroatoms. The van der Waals surface area contributed by atoms with E-state index in [1.54, 1.807) is 0 Å². The Hall–Kier alpha value is -3.10. The first-order valence-corrected chi connectivity index (χ1v) is 8.59. The van der Waals surface area contributed by atoms with Crippen molar-refractivity contribution in [2.45, 2.75) is 32.7 Å². The average Bonchev–Trinajstić information content (AvgIpc) is 2.65. The van der Waals surface area contributed by atoms with Crippen molar-refractivity contribution in [3.8, 4) is 17.2 Å². The summed E-state index contributed by atoms with van der Waals surface area (Å²) in [5.74, 6) is 3.88. The zero-order valence-corrected chi connectivity index (χ0v) is 16.0. The number of para-hydroxylation sites is 1. The van der Waals surface area contributed by atoms with Gasteiger partial charge in [-0.25, -0.2) is 15.0 Å². The van der Waals surface area contributed by atoms with E-state index in [0.29, 0.717) is 11.3 Å². The van der Waals surface area contributed by atoms with Crippen LogP contribution in [0.3, 0.4) is 0 Å². The van der Waals surface area contributed by atoms with Gasteiger partial charge in [-0.3, -0.25) is 5.84 Å². The summed E-state index contributed by atoms with van der Waals surface area (Å²) in [6.45, 7) is 4.54. The van der Waals surface area contributed by atoms with Crippen molar-refractivity contribution in [3.05, 3.63) is 53.1 Å². The first-order chi connectivity index (χ1) is 13.2. The van der Waals surface area contributed by atoms with Gasteiger partial charge < -0.3 is 19.7 Å². The van der Waals surface area contributed by atoms with Crippen molar-refractivity contribution in [1.29, 1.82) is 0 Å². The number of nitrogens with two attached hydrogens (primary N) is 1. The molecule has 1 atom stereocenters. The van der Waals surface area contributed by atoms with Crippen LogP contribution in [-0.2, 0) is 20.7 Å². The fourth-order valence-corrected chi connectivity index (χ4v) is 2.66. The van der Waals surface area contributed by atoms with Gasteiger partial charge in [-0.05, 0) is 49.6 Å². The molecule has 0 saturated heterocycles. The van der Waals surface area contributed by atoms with Crippen LogP contribution in [-0.4, -0.2) is 34.3 Å². The van der Waals surface area contributed by atoms with Gasteiger partial charge in [0.25, 0.3) is 0 Å². The van der Waals surface area contributed by atoms with Gasteiger partial charge in [-0.15, -0.1) is 0 Å². The Bertz CT molecular complexity index is 863. The number of rotatable bonds is 7. The molecule has 0 heterocycles. The number of hydrazine groups is 1. The van der Waals surface area contributed by atoms with Crippen LogP contribution in [0, 0.1) is 13.8 Å². The van der Waals surface area contributed by atoms with Gasteiger partial charge in [0, 0.05) is 6.42 Å². The van der Waals surface area contributed by atoms with Crippen LogP contribution in [0.25, 0.3) is 0 Å². The van der Waals surface area contributed by atoms with E-state index >= 15 is 0 Å². The molecule has 0 fully saturated rings. The smallest absolute Gasteiger partial charge is 0.349 e. The minimum absolute atomic E-state index is 0.0577. The second-order valence-electron chi connectivity index (χ2n) is 6.75. The Labute approximate surface area is 162 Å². The maximum Gasteiger partial charge on any atom is 0.349 e. The van der Waals surface area contributed by atoms with E-state index in [9.17, 15) is 19.8 Å². The summed E-state index contributed by atoms with van der Waals surface area (Å²) in [7, 11) is 0. The third kappa shape index (κ3) is 4.99. The zero-order valence-electron chi connectivity index (χ0n) is 16.0. The van der Waals surface area contributed by atoms with Crippen LogP contribution >= 0.6 is 0 Å². The van der Waals surface area contributed by atoms with E-state index < -0.39 is 24.1 Å². The predicted molar refractivity (Wildman–Crippen MR) is 102 cm³/mol. The maximum absolute atomic E-state index is 12.5. The predicted octanol–water partition coefficient (Wildman–Crippen LogP) is 1.63. The molecule has 0 bridgehead atoms. The molecular formula is C20H24N2O6. The van der Waals surface area contributed by atoms with Gasteiger partial charge >= 0.3 is 11.9 Å². The molecule has 0 unspecified atom stereocenters. The second kappa shape index (κ2) is 8.73. The standard InChI is InChI=1S/C20H24N2O6/c1-12-5-4-6-13(2)18(12)28-17(25)11-27-19(26)20(3,22-21)10-14-7-8-15(23)16(24)9-14/h4-9,22-24H,10-11,21H2,1-3H3/t20-/m0/s1. The van der Waals surface area contributed by atoms with E-state index in [-0.39, 0.29) is 17.9 Å². The van der Waals surface area contributed by atoms with Crippen LogP contribution < -0.4 is 16.0 Å². The lowest BCUT2D eigenvalue weighted by molar-refractivity contribution is -0.158. The molecule has 0 radical (unpaired) electrons. The minimum Gasteiger partial charge on any atom is -0.504 e. The first kappa shape index (κ1) is 21.2. The molecule has 0 spiro atoms. The van der Waals surface area contributed by atoms with Crippen molar-refractivity contribution in [1.82, 2.24) is 5.43 Å². The summed E-state index contributed by atoms with van der Waals surface area (Å²) in [5.41, 5.74) is 3.14. The number of nitrogens with one attached hydrogen (secondary N) is 1. The summed E-state index contributed by atoms with van der Waals surface area (Å²) in [5, 5.41) is 19.0. The Morgan fingerprint density at radius 3 is 2.32 bits per heavy atom. The third-order valence-corrected chi connectivity index (χ3v) is 4.31. The monoisotopic (exact) mass is 388 g/mol. The molecule has 0 amide bonds. The number of benzene rings is 2. The van der Waals surface area contributed by atoms with Gasteiger partial charge in [-0.2, -0.15) is 0 Å². The Morgan fingerprint density at radius 1 is 1.11 bits per heavy atom. The normalized spacial score (nSPS) is 12.9. The zero-order chi connectivity index (χ0) is 20.9. The van der Waals surface area contributed by atoms with Gasteiger partial charge in [0.15, 0.2) is 18.1 Å². The summed E-state index contributed by atoms with van der Waals surface area (Å²) >= 11 is 0. The minimum atomic E-state index is -1.36. The summed E-state index contributed by atoms with van der Waals surface area (Å²) in [6, 6.07) is 9.62. The fraction of sp³-hybridized carbons (Fsp3) is 0.300. The highest BCUT2D eigenvalue weighted by atomic mass is 16.6. The molecule has 0 saturated carbocycles. The number of aromatic hydroxyl groups is 2. The maximum atomic E-state index is 12.5. The van der Waals surface area contributed by atoms with Crippen molar-refractivity contribution >= 4 is 11.9 Å². The summed E-state index contributed by atoms with van der Waals surface area (Å²) < 4.78 is 10.4. The van der Waals surface area contributed by atoms with Crippen molar-refractivity contribution < 1.29 is 29.3 Å². The van der Waals surface area contributed by atoms with E-state index in [0.717, 1.165) is 11.1 Å². The molecule has 150 valence electrons. The SMILES string of the molecule is Cc1cccc(C)c1OC(=O)COC(=O)[C@](C)(Cc1ccc(O)c(O)c1)NN. The third-order valence-electron chi connectivity index (χ3n) is 4.31. The highest BCUT2D eigenvalue weighted by Gasteiger charge is 2.35. The molecule has 2 rings (SSSR count). The number of esters is 2. The number of phenols is 2. The molecule has 5 N–H and O–H groups in total. The van der Waals surface area contributed by atoms with Gasteiger partial charge in [0.1, 0.15) is 11.3 Å². The highest BCUT2D eigenvalue weighted by Crippen LogP contribution is 2.27. The van der Waals surface area contributed by atoms with Gasteiger partial charge in [0.2, 0.25) is 0 Å². The van der Waals surface area contributed by atoms with Crippen molar-refractivity contribution in [2.24, 2.45) is 5.84 Å². The Kier molecular flexibility index (Phi) is 6.61. The molecule has 8 nitrogen and oxygen atoms in total. The molecular weight excluding hydrogens is 364 g/mol. The van der Waals surface area contributed by atoms with Crippen LogP contribution in [0.1, 0.15) is 23.6 Å². The largest absolute Gasteiger partial charge is 0.504 e. The van der Waals surface area contributed by atoms with Crippen molar-refractivity contribution in [2.75, 3.05) is 6.61 Å². The highest BCUT2D eigenvalue weighted by molar-refractivity contribution is 5.84. The average molecular weight is 388 g/mol. The molecule has 0 aliphatic rings. The molecule has 0 aliphatic heterocycles. The number of phenolic OH excluding ortho intramolecular Hbond substituents is 2. The number of aryl methyl sites for hydroxylation is 2. The number of hydrogen-bond acceptors (Lipinski definition) is 8. The Balaban J connectivity index is 2.00. The van der Waals surface area contributed by atoms with E-state index in [1.165, 1.54) is 25.1 Å². The quantitative estimate of drug-likeness (QED) is 0.185. The second-order valence-corrected chi connectivity index (χ2v) is 6.75. The van der Waals surface area contributed by atoms with Crippen LogP contribution in [0.15, 0.2) is 36.4 Å². The lowest BCUT2D eigenvalue weighted by atomic mass is 9.93. The Morgan fingerprint density at radius 2 is 1.75 bits per heavy atom. The van der Waals surface area contributed by atoms with E-state index in [4.69, 9.17) is 15.3 Å². The van der Waals surface area contributed by atoms with Gasteiger partial charge in [-0.1, -0.05) is 24.3 Å². The molecule has 2 aromatic rings. The number of ether oxygens (including phenoxy) is 2. The lowest BCUT2D eigenvalue weighted by Crippen LogP contribution is -2.55. The fourth-order valence-electron chi connectivity index (χ4n) is 2.66. The van der Waals surface area contributed by atoms with Crippen LogP contribution in [0.4, 0.5) is 0 Å². The lowest BCUT2D eigenvalue weighted by Gasteiger charge is -2.26. The van der Waals surface area contributed by atoms with Crippen LogP contribution in [0.5, 0.6) is 17.2 Å². The first-order valence-electron chi connectivity index (χ1n) is 8.59. The summed E-state index contributed by atoms with van der Waals surface area (Å²) in [6.07, 6.45) is 0.0577. The number of hydrogen-bond donors (Lipinski definition) is 4. The van der Waals surface area contributed by atoms with E-state index in [1.807, 2.05) is 32.0 Å². The summed E-state index contributed by atoms with van der Waals surface area (Å²) in [4.78, 5) is 24.5. The molecule has 0 aromatic heterocycles. The van der Waals surface area contributed by atoms with Crippen molar-refractivity contribution in [3.63, 3.8) is 0 Å². The van der Waals surface area contributed by atoms with Crippen LogP contribution in [0.2, 0.25) is 0 Å². The molecule has 28 heavy (non-hydrogen) atoms. The van der Waals surface area contributed by atoms with Gasteiger partial charge in [0.05, 0.1) is 0 Å². The number of carbonyl (C=O) groups excluding carboxylic acids is 2. The molecule has 2 aromatic carbocycles.